The van der Waals surface area contributed by atoms with Gasteiger partial charge in [-0.1, -0.05) is 19.3 Å². The molecule has 11 heavy (non-hydrogen) atoms. The van der Waals surface area contributed by atoms with Crippen molar-refractivity contribution in [1.82, 2.24) is 0 Å². The second-order valence-electron chi connectivity index (χ2n) is 3.41. The quantitative estimate of drug-likeness (QED) is 0.641. The zero-order valence-corrected chi connectivity index (χ0v) is 7.57. The monoisotopic (exact) mass is 175 g/mol. The van der Waals surface area contributed by atoms with Crippen LogP contribution in [0.2, 0.25) is 0 Å². The highest BCUT2D eigenvalue weighted by molar-refractivity contribution is 7.92. The fourth-order valence-electron chi connectivity index (χ4n) is 1.71. The molecule has 0 aliphatic heterocycles. The van der Waals surface area contributed by atoms with Crippen LogP contribution < -0.4 is 0 Å². The highest BCUT2D eigenvalue weighted by Crippen LogP contribution is 2.24. The summed E-state index contributed by atoms with van der Waals surface area (Å²) in [6.07, 6.45) is 8.95. The zero-order chi connectivity index (χ0) is 8.32. The molecule has 1 aliphatic carbocycles. The van der Waals surface area contributed by atoms with E-state index in [1.54, 1.807) is 0 Å². The predicted octanol–water partition coefficient (Wildman–Crippen LogP) is 1.77. The summed E-state index contributed by atoms with van der Waals surface area (Å²) in [5.74, 6) is 0.693. The maximum atomic E-state index is 10.8. The van der Waals surface area contributed by atoms with Gasteiger partial charge in [-0.2, -0.15) is 0 Å². The van der Waals surface area contributed by atoms with E-state index in [1.807, 2.05) is 0 Å². The lowest BCUT2D eigenvalue weighted by atomic mass is 9.91. The number of hydrogen-bond donors (Lipinski definition) is 0. The van der Waals surface area contributed by atoms with Crippen molar-refractivity contribution < 1.29 is 8.42 Å². The maximum Gasteiger partial charge on any atom is 0.151 e. The number of hydrogen-bond acceptors (Lipinski definition) is 2. The largest absolute Gasteiger partial charge is 0.229 e. The van der Waals surface area contributed by atoms with Gasteiger partial charge in [0.15, 0.2) is 9.84 Å². The second kappa shape index (κ2) is 3.57. The minimum absolute atomic E-state index is 0.299. The lowest BCUT2D eigenvalue weighted by Gasteiger charge is -2.19. The van der Waals surface area contributed by atoms with Crippen LogP contribution in [-0.2, 0) is 9.84 Å². The highest BCUT2D eigenvalue weighted by Gasteiger charge is 2.17. The van der Waals surface area contributed by atoms with E-state index in [9.17, 15) is 8.42 Å². The van der Waals surface area contributed by atoms with Gasteiger partial charge in [0.2, 0.25) is 0 Å². The lowest BCUT2D eigenvalue weighted by Crippen LogP contribution is -2.16. The van der Waals surface area contributed by atoms with Gasteiger partial charge in [-0.05, 0) is 18.8 Å². The van der Waals surface area contributed by atoms with Gasteiger partial charge in [0.1, 0.15) is 0 Å². The Kier molecular flexibility index (Phi) is 2.93. The molecule has 0 bridgehead atoms. The Bertz CT molecular complexity index is 200. The fourth-order valence-corrected chi connectivity index (χ4v) is 2.76. The Hall–Kier alpha value is -0.0500. The van der Waals surface area contributed by atoms with Gasteiger partial charge in [0.05, 0.1) is 12.0 Å². The third kappa shape index (κ3) is 3.75. The van der Waals surface area contributed by atoms with E-state index in [2.05, 4.69) is 6.26 Å². The summed E-state index contributed by atoms with van der Waals surface area (Å²) in [5.41, 5.74) is 0. The molecule has 0 unspecified atom stereocenters. The highest BCUT2D eigenvalue weighted by atomic mass is 32.2. The summed E-state index contributed by atoms with van der Waals surface area (Å²) in [7, 11) is -2.97. The molecule has 1 saturated carbocycles. The second-order valence-corrected chi connectivity index (χ2v) is 5.23. The van der Waals surface area contributed by atoms with Crippen LogP contribution in [0, 0.1) is 12.2 Å². The van der Waals surface area contributed by atoms with Gasteiger partial charge in [-0.25, -0.2) is 8.42 Å². The molecule has 0 saturated heterocycles. The van der Waals surface area contributed by atoms with Crippen molar-refractivity contribution in [3.8, 4) is 0 Å². The summed E-state index contributed by atoms with van der Waals surface area (Å²) in [4.78, 5) is 0. The average Bonchev–Trinajstić information content (AvgIpc) is 1.85. The maximum absolute atomic E-state index is 10.8. The molecular weight excluding hydrogens is 160 g/mol. The molecular formula is C8H15O2S. The molecule has 0 spiro atoms. The molecule has 2 nitrogen and oxygen atoms in total. The van der Waals surface area contributed by atoms with Crippen LogP contribution >= 0.6 is 0 Å². The van der Waals surface area contributed by atoms with Crippen molar-refractivity contribution in [3.63, 3.8) is 0 Å². The van der Waals surface area contributed by atoms with Crippen molar-refractivity contribution in [2.24, 2.45) is 5.92 Å². The zero-order valence-electron chi connectivity index (χ0n) is 6.75. The Morgan fingerprint density at radius 3 is 2.18 bits per heavy atom. The third-order valence-electron chi connectivity index (χ3n) is 2.21. The lowest BCUT2D eigenvalue weighted by molar-refractivity contribution is 0.385. The summed E-state index contributed by atoms with van der Waals surface area (Å²) >= 11 is 0. The molecule has 0 heterocycles. The van der Waals surface area contributed by atoms with E-state index in [4.69, 9.17) is 0 Å². The first-order valence-corrected chi connectivity index (χ1v) is 5.96. The minimum atomic E-state index is -2.97. The molecule has 0 amide bonds. The Morgan fingerprint density at radius 2 is 1.73 bits per heavy atom. The topological polar surface area (TPSA) is 34.1 Å². The van der Waals surface area contributed by atoms with Gasteiger partial charge in [-0.15, -0.1) is 0 Å². The first-order valence-electron chi connectivity index (χ1n) is 4.14. The fraction of sp³-hybridized carbons (Fsp3) is 0.875. The van der Waals surface area contributed by atoms with E-state index < -0.39 is 9.84 Å². The predicted molar refractivity (Wildman–Crippen MR) is 45.7 cm³/mol. The van der Waals surface area contributed by atoms with Gasteiger partial charge >= 0.3 is 0 Å². The van der Waals surface area contributed by atoms with Crippen LogP contribution in [0.25, 0.3) is 0 Å². The average molecular weight is 175 g/mol. The van der Waals surface area contributed by atoms with Crippen LogP contribution in [-0.4, -0.2) is 14.2 Å². The molecule has 0 aromatic carbocycles. The van der Waals surface area contributed by atoms with E-state index in [0.29, 0.717) is 11.7 Å². The van der Waals surface area contributed by atoms with Crippen LogP contribution in [0.15, 0.2) is 0 Å². The van der Waals surface area contributed by atoms with Crippen molar-refractivity contribution in [2.75, 3.05) is 5.75 Å². The molecule has 3 heteroatoms. The first-order chi connectivity index (χ1) is 5.08. The standard InChI is InChI=1S/C8H15O2S/c1-11(9,10)7-8-5-3-2-4-6-8/h8H,1-7H2. The summed E-state index contributed by atoms with van der Waals surface area (Å²) in [6, 6.07) is 0. The van der Waals surface area contributed by atoms with Gasteiger partial charge in [0.25, 0.3) is 0 Å². The Labute approximate surface area is 68.9 Å². The molecule has 65 valence electrons. The smallest absolute Gasteiger partial charge is 0.151 e. The molecule has 0 aromatic heterocycles. The number of rotatable bonds is 2. The van der Waals surface area contributed by atoms with Crippen LogP contribution in [0.5, 0.6) is 0 Å². The first kappa shape index (κ1) is 9.04. The number of sulfone groups is 1. The van der Waals surface area contributed by atoms with Crippen LogP contribution in [0.3, 0.4) is 0 Å². The van der Waals surface area contributed by atoms with Gasteiger partial charge in [0, 0.05) is 0 Å². The molecule has 1 rings (SSSR count). The summed E-state index contributed by atoms with van der Waals surface area (Å²) < 4.78 is 21.6. The summed E-state index contributed by atoms with van der Waals surface area (Å²) in [5, 5.41) is 0. The normalized spacial score (nSPS) is 21.9. The van der Waals surface area contributed by atoms with Crippen molar-refractivity contribution in [1.29, 1.82) is 0 Å². The van der Waals surface area contributed by atoms with Gasteiger partial charge < -0.3 is 0 Å². The molecule has 0 N–H and O–H groups in total. The van der Waals surface area contributed by atoms with E-state index in [-0.39, 0.29) is 0 Å². The SMILES string of the molecule is [CH2]S(=O)(=O)CC1CCCCC1. The third-order valence-corrected chi connectivity index (χ3v) is 3.19. The minimum Gasteiger partial charge on any atom is -0.229 e. The molecule has 1 aliphatic rings. The molecule has 1 fully saturated rings. The van der Waals surface area contributed by atoms with Gasteiger partial charge in [-0.3, -0.25) is 0 Å². The van der Waals surface area contributed by atoms with Crippen molar-refractivity contribution in [2.45, 2.75) is 32.1 Å². The molecule has 1 radical (unpaired) electrons. The van der Waals surface area contributed by atoms with E-state index in [0.717, 1.165) is 12.8 Å². The van der Waals surface area contributed by atoms with E-state index in [1.165, 1.54) is 19.3 Å². The van der Waals surface area contributed by atoms with Crippen LogP contribution in [0.1, 0.15) is 32.1 Å². The van der Waals surface area contributed by atoms with Crippen molar-refractivity contribution >= 4 is 9.84 Å². The van der Waals surface area contributed by atoms with E-state index >= 15 is 0 Å². The summed E-state index contributed by atoms with van der Waals surface area (Å²) in [6.45, 7) is 0. The Balaban J connectivity index is 2.36. The van der Waals surface area contributed by atoms with Crippen LogP contribution in [0.4, 0.5) is 0 Å². The molecule has 0 aromatic rings. The molecule has 0 atom stereocenters. The van der Waals surface area contributed by atoms with Crippen molar-refractivity contribution in [3.05, 3.63) is 6.26 Å². The Morgan fingerprint density at radius 1 is 1.18 bits per heavy atom.